The molecule has 0 aliphatic heterocycles. The predicted octanol–water partition coefficient (Wildman–Crippen LogP) is 1.21. The van der Waals surface area contributed by atoms with Gasteiger partial charge in [0.05, 0.1) is 5.92 Å². The molecular weight excluding hydrogens is 236 g/mol. The first-order valence-electron chi connectivity index (χ1n) is 6.35. The van der Waals surface area contributed by atoms with E-state index in [9.17, 15) is 9.59 Å². The highest BCUT2D eigenvalue weighted by molar-refractivity contribution is 5.75. The highest BCUT2D eigenvalue weighted by Crippen LogP contribution is 2.00. The number of carboxylic acid groups (broad SMARTS) is 1. The van der Waals surface area contributed by atoms with Gasteiger partial charge in [0.1, 0.15) is 0 Å². The summed E-state index contributed by atoms with van der Waals surface area (Å²) in [5.74, 6) is -1.39. The largest absolute Gasteiger partial charge is 0.481 e. The zero-order valence-electron chi connectivity index (χ0n) is 11.2. The number of urea groups is 1. The van der Waals surface area contributed by atoms with Crippen molar-refractivity contribution in [3.05, 3.63) is 0 Å². The standard InChI is InChI=1S/C12H24N2O4/c1-3-10(11(15)16)9-14-12(17)13-7-5-4-6-8-18-2/h10H,3-9H2,1-2H3,(H,15,16)(H2,13,14,17). The molecule has 0 aliphatic rings. The van der Waals surface area contributed by atoms with Crippen molar-refractivity contribution >= 4 is 12.0 Å². The van der Waals surface area contributed by atoms with Gasteiger partial charge in [0.25, 0.3) is 0 Å². The van der Waals surface area contributed by atoms with E-state index in [-0.39, 0.29) is 12.6 Å². The zero-order valence-corrected chi connectivity index (χ0v) is 11.2. The molecule has 0 fully saturated rings. The Labute approximate surface area is 108 Å². The molecule has 0 radical (unpaired) electrons. The second-order valence-corrected chi connectivity index (χ2v) is 4.13. The minimum absolute atomic E-state index is 0.168. The van der Waals surface area contributed by atoms with Crippen LogP contribution < -0.4 is 10.6 Å². The molecule has 0 aromatic heterocycles. The minimum atomic E-state index is -0.877. The molecule has 0 bridgehead atoms. The monoisotopic (exact) mass is 260 g/mol. The fourth-order valence-electron chi connectivity index (χ4n) is 1.43. The SMILES string of the molecule is CCC(CNC(=O)NCCCCCOC)C(=O)O. The van der Waals surface area contributed by atoms with Gasteiger partial charge in [-0.1, -0.05) is 6.92 Å². The molecule has 0 spiro atoms. The van der Waals surface area contributed by atoms with E-state index in [1.54, 1.807) is 14.0 Å². The summed E-state index contributed by atoms with van der Waals surface area (Å²) in [4.78, 5) is 22.1. The van der Waals surface area contributed by atoms with E-state index in [0.717, 1.165) is 25.9 Å². The number of carboxylic acids is 1. The van der Waals surface area contributed by atoms with Crippen molar-refractivity contribution < 1.29 is 19.4 Å². The summed E-state index contributed by atoms with van der Waals surface area (Å²) in [6.07, 6.45) is 3.39. The van der Waals surface area contributed by atoms with Gasteiger partial charge >= 0.3 is 12.0 Å². The van der Waals surface area contributed by atoms with Crippen LogP contribution >= 0.6 is 0 Å². The van der Waals surface area contributed by atoms with Crippen LogP contribution in [-0.2, 0) is 9.53 Å². The van der Waals surface area contributed by atoms with Crippen LogP contribution in [0.5, 0.6) is 0 Å². The van der Waals surface area contributed by atoms with Gasteiger partial charge in [-0.3, -0.25) is 4.79 Å². The average Bonchev–Trinajstić information content (AvgIpc) is 2.34. The highest BCUT2D eigenvalue weighted by atomic mass is 16.5. The van der Waals surface area contributed by atoms with Crippen LogP contribution in [0.25, 0.3) is 0 Å². The van der Waals surface area contributed by atoms with Crippen molar-refractivity contribution in [3.63, 3.8) is 0 Å². The molecule has 1 unspecified atom stereocenters. The van der Waals surface area contributed by atoms with E-state index >= 15 is 0 Å². The number of carbonyl (C=O) groups is 2. The van der Waals surface area contributed by atoms with Crippen LogP contribution in [-0.4, -0.2) is 43.9 Å². The van der Waals surface area contributed by atoms with E-state index in [1.165, 1.54) is 0 Å². The summed E-state index contributed by atoms with van der Waals surface area (Å²) < 4.78 is 4.91. The summed E-state index contributed by atoms with van der Waals surface area (Å²) >= 11 is 0. The van der Waals surface area contributed by atoms with Crippen molar-refractivity contribution in [1.29, 1.82) is 0 Å². The van der Waals surface area contributed by atoms with E-state index in [4.69, 9.17) is 9.84 Å². The van der Waals surface area contributed by atoms with E-state index < -0.39 is 11.9 Å². The lowest BCUT2D eigenvalue weighted by Gasteiger charge is -2.11. The third-order valence-electron chi connectivity index (χ3n) is 2.66. The van der Waals surface area contributed by atoms with Crippen molar-refractivity contribution in [3.8, 4) is 0 Å². The van der Waals surface area contributed by atoms with Crippen LogP contribution in [0, 0.1) is 5.92 Å². The maximum Gasteiger partial charge on any atom is 0.314 e. The van der Waals surface area contributed by atoms with Gasteiger partial charge < -0.3 is 20.5 Å². The molecule has 0 aromatic rings. The fourth-order valence-corrected chi connectivity index (χ4v) is 1.43. The van der Waals surface area contributed by atoms with Gasteiger partial charge in [0.2, 0.25) is 0 Å². The number of carbonyl (C=O) groups excluding carboxylic acids is 1. The van der Waals surface area contributed by atoms with Crippen molar-refractivity contribution in [2.45, 2.75) is 32.6 Å². The first-order chi connectivity index (χ1) is 8.61. The molecule has 106 valence electrons. The van der Waals surface area contributed by atoms with Crippen molar-refractivity contribution in [1.82, 2.24) is 10.6 Å². The molecule has 2 amide bonds. The Morgan fingerprint density at radius 3 is 2.50 bits per heavy atom. The molecule has 0 aliphatic carbocycles. The predicted molar refractivity (Wildman–Crippen MR) is 68.5 cm³/mol. The molecule has 0 aromatic carbocycles. The molecular formula is C12H24N2O4. The second kappa shape index (κ2) is 10.8. The van der Waals surface area contributed by atoms with Gasteiger partial charge in [0, 0.05) is 26.8 Å². The van der Waals surface area contributed by atoms with Crippen molar-refractivity contribution in [2.75, 3.05) is 26.8 Å². The Morgan fingerprint density at radius 2 is 1.94 bits per heavy atom. The Morgan fingerprint density at radius 1 is 1.22 bits per heavy atom. The van der Waals surface area contributed by atoms with Crippen LogP contribution in [0.15, 0.2) is 0 Å². The molecule has 6 nitrogen and oxygen atoms in total. The average molecular weight is 260 g/mol. The lowest BCUT2D eigenvalue weighted by atomic mass is 10.1. The number of aliphatic carboxylic acids is 1. The summed E-state index contributed by atoms with van der Waals surface area (Å²) in [6, 6.07) is -0.304. The first-order valence-corrected chi connectivity index (χ1v) is 6.35. The first kappa shape index (κ1) is 16.7. The van der Waals surface area contributed by atoms with Crippen LogP contribution in [0.1, 0.15) is 32.6 Å². The number of nitrogens with one attached hydrogen (secondary N) is 2. The number of hydrogen-bond donors (Lipinski definition) is 3. The maximum atomic E-state index is 11.3. The van der Waals surface area contributed by atoms with Gasteiger partial charge in [-0.25, -0.2) is 4.79 Å². The maximum absolute atomic E-state index is 11.3. The Kier molecular flexibility index (Phi) is 10.0. The van der Waals surface area contributed by atoms with Crippen LogP contribution in [0.4, 0.5) is 4.79 Å². The fraction of sp³-hybridized carbons (Fsp3) is 0.833. The molecule has 0 saturated heterocycles. The molecule has 0 rings (SSSR count). The Balaban J connectivity index is 3.50. The number of rotatable bonds is 10. The van der Waals surface area contributed by atoms with Gasteiger partial charge in [0.15, 0.2) is 0 Å². The second-order valence-electron chi connectivity index (χ2n) is 4.13. The molecule has 1 atom stereocenters. The Bertz CT molecular complexity index is 246. The van der Waals surface area contributed by atoms with E-state index in [1.807, 2.05) is 0 Å². The quantitative estimate of drug-likeness (QED) is 0.515. The van der Waals surface area contributed by atoms with E-state index in [0.29, 0.717) is 13.0 Å². The molecule has 0 heterocycles. The number of amides is 2. The van der Waals surface area contributed by atoms with Crippen LogP contribution in [0.3, 0.4) is 0 Å². The number of methoxy groups -OCH3 is 1. The lowest BCUT2D eigenvalue weighted by Crippen LogP contribution is -2.40. The van der Waals surface area contributed by atoms with Gasteiger partial charge in [-0.15, -0.1) is 0 Å². The van der Waals surface area contributed by atoms with Gasteiger partial charge in [-0.2, -0.15) is 0 Å². The van der Waals surface area contributed by atoms with Crippen molar-refractivity contribution in [2.24, 2.45) is 5.92 Å². The zero-order chi connectivity index (χ0) is 13.8. The topological polar surface area (TPSA) is 87.7 Å². The van der Waals surface area contributed by atoms with E-state index in [2.05, 4.69) is 10.6 Å². The van der Waals surface area contributed by atoms with Crippen LogP contribution in [0.2, 0.25) is 0 Å². The lowest BCUT2D eigenvalue weighted by molar-refractivity contribution is -0.141. The summed E-state index contributed by atoms with van der Waals surface area (Å²) in [6.45, 7) is 3.29. The molecule has 6 heteroatoms. The number of ether oxygens (including phenoxy) is 1. The summed E-state index contributed by atoms with van der Waals surface area (Å²) in [5, 5.41) is 14.1. The number of unbranched alkanes of at least 4 members (excludes halogenated alkanes) is 2. The summed E-state index contributed by atoms with van der Waals surface area (Å²) in [7, 11) is 1.66. The Hall–Kier alpha value is -1.30. The number of hydrogen-bond acceptors (Lipinski definition) is 3. The molecule has 18 heavy (non-hydrogen) atoms. The third-order valence-corrected chi connectivity index (χ3v) is 2.66. The van der Waals surface area contributed by atoms with Gasteiger partial charge in [-0.05, 0) is 25.7 Å². The molecule has 3 N–H and O–H groups in total. The smallest absolute Gasteiger partial charge is 0.314 e. The molecule has 0 saturated carbocycles. The minimum Gasteiger partial charge on any atom is -0.481 e. The highest BCUT2D eigenvalue weighted by Gasteiger charge is 2.15. The summed E-state index contributed by atoms with van der Waals surface area (Å²) in [5.41, 5.74) is 0. The third kappa shape index (κ3) is 8.81. The normalized spacial score (nSPS) is 11.9.